The molecular formula is C14H13Cl2NO3S. The number of benzene rings is 2. The lowest BCUT2D eigenvalue weighted by atomic mass is 10.2. The van der Waals surface area contributed by atoms with Crippen molar-refractivity contribution in [2.75, 3.05) is 4.72 Å². The van der Waals surface area contributed by atoms with Crippen molar-refractivity contribution in [3.63, 3.8) is 0 Å². The second-order valence-electron chi connectivity index (χ2n) is 4.49. The molecular weight excluding hydrogens is 333 g/mol. The predicted octanol–water partition coefficient (Wildman–Crippen LogP) is 3.59. The number of hydrogen-bond acceptors (Lipinski definition) is 3. The summed E-state index contributed by atoms with van der Waals surface area (Å²) >= 11 is 11.8. The first-order valence-electron chi connectivity index (χ1n) is 6.02. The van der Waals surface area contributed by atoms with Gasteiger partial charge in [0.1, 0.15) is 4.90 Å². The zero-order valence-corrected chi connectivity index (χ0v) is 13.4. The lowest BCUT2D eigenvalue weighted by molar-refractivity contribution is 0.281. The van der Waals surface area contributed by atoms with Gasteiger partial charge in [0, 0.05) is 5.02 Å². The molecule has 2 rings (SSSR count). The summed E-state index contributed by atoms with van der Waals surface area (Å²) in [6, 6.07) is 9.25. The Morgan fingerprint density at radius 2 is 1.86 bits per heavy atom. The van der Waals surface area contributed by atoms with Crippen molar-refractivity contribution in [2.45, 2.75) is 18.4 Å². The smallest absolute Gasteiger partial charge is 0.263 e. The summed E-state index contributed by atoms with van der Waals surface area (Å²) in [7, 11) is -3.87. The summed E-state index contributed by atoms with van der Waals surface area (Å²) in [5, 5.41) is 9.62. The highest BCUT2D eigenvalue weighted by Crippen LogP contribution is 2.27. The fourth-order valence-electron chi connectivity index (χ4n) is 1.76. The van der Waals surface area contributed by atoms with E-state index in [4.69, 9.17) is 28.3 Å². The van der Waals surface area contributed by atoms with Crippen molar-refractivity contribution in [1.82, 2.24) is 0 Å². The zero-order valence-electron chi connectivity index (χ0n) is 11.1. The lowest BCUT2D eigenvalue weighted by Gasteiger charge is -2.12. The van der Waals surface area contributed by atoms with Gasteiger partial charge >= 0.3 is 0 Å². The first-order chi connectivity index (χ1) is 9.83. The number of aliphatic hydroxyl groups excluding tert-OH is 1. The van der Waals surface area contributed by atoms with Gasteiger partial charge in [-0.2, -0.15) is 0 Å². The molecule has 2 aromatic rings. The molecule has 0 aliphatic heterocycles. The Morgan fingerprint density at radius 3 is 2.52 bits per heavy atom. The number of halogens is 2. The fourth-order valence-corrected chi connectivity index (χ4v) is 3.60. The van der Waals surface area contributed by atoms with E-state index in [1.54, 1.807) is 25.1 Å². The van der Waals surface area contributed by atoms with E-state index >= 15 is 0 Å². The van der Waals surface area contributed by atoms with Gasteiger partial charge in [0.2, 0.25) is 0 Å². The second kappa shape index (κ2) is 6.23. The number of sulfonamides is 1. The van der Waals surface area contributed by atoms with Gasteiger partial charge in [0.05, 0.1) is 17.3 Å². The van der Waals surface area contributed by atoms with Crippen LogP contribution >= 0.6 is 23.2 Å². The van der Waals surface area contributed by atoms with Crippen molar-refractivity contribution in [2.24, 2.45) is 0 Å². The van der Waals surface area contributed by atoms with Crippen LogP contribution in [0.1, 0.15) is 11.1 Å². The van der Waals surface area contributed by atoms with Crippen molar-refractivity contribution in [3.8, 4) is 0 Å². The molecule has 0 aromatic heterocycles. The van der Waals surface area contributed by atoms with Crippen LogP contribution in [0.3, 0.4) is 0 Å². The van der Waals surface area contributed by atoms with Crippen molar-refractivity contribution < 1.29 is 13.5 Å². The Hall–Kier alpha value is -1.27. The number of anilines is 1. The van der Waals surface area contributed by atoms with Gasteiger partial charge in [0.15, 0.2) is 0 Å². The van der Waals surface area contributed by atoms with Gasteiger partial charge in [-0.3, -0.25) is 4.72 Å². The molecule has 4 nitrogen and oxygen atoms in total. The highest BCUT2D eigenvalue weighted by atomic mass is 35.5. The molecule has 0 unspecified atom stereocenters. The normalized spacial score (nSPS) is 11.4. The standard InChI is InChI=1S/C14H13Cl2NO3S/c1-9-2-4-11(15)7-13(9)17-21(19,20)14-6-10(8-18)3-5-12(14)16/h2-7,17-18H,8H2,1H3. The van der Waals surface area contributed by atoms with E-state index in [9.17, 15) is 8.42 Å². The summed E-state index contributed by atoms with van der Waals surface area (Å²) in [6.07, 6.45) is 0. The highest BCUT2D eigenvalue weighted by molar-refractivity contribution is 7.92. The van der Waals surface area contributed by atoms with Crippen molar-refractivity contribution in [3.05, 3.63) is 57.6 Å². The van der Waals surface area contributed by atoms with Crippen molar-refractivity contribution in [1.29, 1.82) is 0 Å². The van der Waals surface area contributed by atoms with Gasteiger partial charge in [0.25, 0.3) is 10.0 Å². The minimum Gasteiger partial charge on any atom is -0.392 e. The first-order valence-corrected chi connectivity index (χ1v) is 8.25. The third-order valence-corrected chi connectivity index (χ3v) is 4.99. The number of hydrogen-bond donors (Lipinski definition) is 2. The van der Waals surface area contributed by atoms with E-state index in [0.717, 1.165) is 5.56 Å². The molecule has 0 saturated carbocycles. The topological polar surface area (TPSA) is 66.4 Å². The third kappa shape index (κ3) is 3.68. The molecule has 0 bridgehead atoms. The van der Waals surface area contributed by atoms with Gasteiger partial charge in [-0.1, -0.05) is 35.3 Å². The third-order valence-electron chi connectivity index (χ3n) is 2.91. The molecule has 2 N–H and O–H groups in total. The van der Waals surface area contributed by atoms with E-state index in [0.29, 0.717) is 16.3 Å². The summed E-state index contributed by atoms with van der Waals surface area (Å²) < 4.78 is 27.3. The minimum absolute atomic E-state index is 0.0828. The molecule has 0 aliphatic carbocycles. The van der Waals surface area contributed by atoms with Crippen LogP contribution in [-0.4, -0.2) is 13.5 Å². The lowest BCUT2D eigenvalue weighted by Crippen LogP contribution is -2.14. The largest absolute Gasteiger partial charge is 0.392 e. The molecule has 0 heterocycles. The maximum Gasteiger partial charge on any atom is 0.263 e. The summed E-state index contributed by atoms with van der Waals surface area (Å²) in [5.41, 5.74) is 1.58. The molecule has 7 heteroatoms. The zero-order chi connectivity index (χ0) is 15.6. The van der Waals surface area contributed by atoms with Crippen LogP contribution in [0.15, 0.2) is 41.3 Å². The molecule has 2 aromatic carbocycles. The number of aliphatic hydroxyl groups is 1. The predicted molar refractivity (Wildman–Crippen MR) is 84.4 cm³/mol. The van der Waals surface area contributed by atoms with Crippen molar-refractivity contribution >= 4 is 38.9 Å². The first kappa shape index (κ1) is 16.1. The van der Waals surface area contributed by atoms with Crippen LogP contribution in [0, 0.1) is 6.92 Å². The van der Waals surface area contributed by atoms with E-state index in [1.807, 2.05) is 0 Å². The van der Waals surface area contributed by atoms with Crippen LogP contribution in [-0.2, 0) is 16.6 Å². The Bertz CT molecular complexity index is 776. The SMILES string of the molecule is Cc1ccc(Cl)cc1NS(=O)(=O)c1cc(CO)ccc1Cl. The minimum atomic E-state index is -3.87. The molecule has 0 amide bonds. The fraction of sp³-hybridized carbons (Fsp3) is 0.143. The van der Waals surface area contributed by atoms with Crippen LogP contribution < -0.4 is 4.72 Å². The maximum atomic E-state index is 12.4. The molecule has 0 atom stereocenters. The molecule has 0 radical (unpaired) electrons. The van der Waals surface area contributed by atoms with E-state index in [1.165, 1.54) is 18.2 Å². The Labute approximate surface area is 133 Å². The van der Waals surface area contributed by atoms with E-state index in [-0.39, 0.29) is 16.5 Å². The van der Waals surface area contributed by atoms with Crippen LogP contribution in [0.25, 0.3) is 0 Å². The summed E-state index contributed by atoms with van der Waals surface area (Å²) in [6.45, 7) is 1.50. The van der Waals surface area contributed by atoms with Gasteiger partial charge in [-0.05, 0) is 42.3 Å². The molecule has 0 spiro atoms. The monoisotopic (exact) mass is 345 g/mol. The Balaban J connectivity index is 2.45. The summed E-state index contributed by atoms with van der Waals surface area (Å²) in [4.78, 5) is -0.0879. The maximum absolute atomic E-state index is 12.4. The van der Waals surface area contributed by atoms with E-state index < -0.39 is 10.0 Å². The second-order valence-corrected chi connectivity index (χ2v) is 6.98. The quantitative estimate of drug-likeness (QED) is 0.889. The molecule has 0 saturated heterocycles. The Morgan fingerprint density at radius 1 is 1.14 bits per heavy atom. The van der Waals surface area contributed by atoms with Crippen LogP contribution in [0.2, 0.25) is 10.0 Å². The molecule has 21 heavy (non-hydrogen) atoms. The van der Waals surface area contributed by atoms with Gasteiger partial charge < -0.3 is 5.11 Å². The van der Waals surface area contributed by atoms with Gasteiger partial charge in [-0.25, -0.2) is 8.42 Å². The van der Waals surface area contributed by atoms with Crippen LogP contribution in [0.4, 0.5) is 5.69 Å². The average Bonchev–Trinajstić information content (AvgIpc) is 2.43. The molecule has 112 valence electrons. The average molecular weight is 346 g/mol. The summed E-state index contributed by atoms with van der Waals surface area (Å²) in [5.74, 6) is 0. The Kier molecular flexibility index (Phi) is 4.78. The number of nitrogens with one attached hydrogen (secondary N) is 1. The highest BCUT2D eigenvalue weighted by Gasteiger charge is 2.19. The van der Waals surface area contributed by atoms with E-state index in [2.05, 4.69) is 4.72 Å². The molecule has 0 aliphatic rings. The number of rotatable bonds is 4. The van der Waals surface area contributed by atoms with Crippen LogP contribution in [0.5, 0.6) is 0 Å². The molecule has 0 fully saturated rings. The number of aryl methyl sites for hydroxylation is 1. The van der Waals surface area contributed by atoms with Gasteiger partial charge in [-0.15, -0.1) is 0 Å².